The number of hydrogen-bond donors (Lipinski definition) is 2. The standard InChI is InChI=1S/C11H12Cl2F2N2O2/c12-7-1-2-8(13)9(3-7)19-4-10(18)17-6-11(14,15)5-16/h1-3H,4-6,16H2,(H,17,18). The van der Waals surface area contributed by atoms with Gasteiger partial charge in [0.1, 0.15) is 5.75 Å². The maximum Gasteiger partial charge on any atom is 0.277 e. The zero-order valence-electron chi connectivity index (χ0n) is 9.76. The Labute approximate surface area is 118 Å². The largest absolute Gasteiger partial charge is 0.482 e. The summed E-state index contributed by atoms with van der Waals surface area (Å²) in [5.41, 5.74) is 4.83. The van der Waals surface area contributed by atoms with Gasteiger partial charge in [0, 0.05) is 11.1 Å². The lowest BCUT2D eigenvalue weighted by Gasteiger charge is -2.14. The fraction of sp³-hybridized carbons (Fsp3) is 0.364. The molecule has 0 aliphatic carbocycles. The Morgan fingerprint density at radius 3 is 2.74 bits per heavy atom. The highest BCUT2D eigenvalue weighted by atomic mass is 35.5. The maximum atomic E-state index is 12.8. The van der Waals surface area contributed by atoms with Gasteiger partial charge in [-0.3, -0.25) is 4.79 Å². The molecule has 0 heterocycles. The van der Waals surface area contributed by atoms with Crippen LogP contribution < -0.4 is 15.8 Å². The molecule has 0 radical (unpaired) electrons. The number of amides is 1. The number of carbonyl (C=O) groups excluding carboxylic acids is 1. The normalized spacial score (nSPS) is 11.2. The van der Waals surface area contributed by atoms with E-state index in [4.69, 9.17) is 33.7 Å². The van der Waals surface area contributed by atoms with Crippen LogP contribution in [0.5, 0.6) is 5.75 Å². The zero-order valence-corrected chi connectivity index (χ0v) is 11.3. The number of nitrogens with two attached hydrogens (primary N) is 1. The predicted octanol–water partition coefficient (Wildman–Crippen LogP) is 2.08. The number of ether oxygens (including phenoxy) is 1. The Bertz CT molecular complexity index is 458. The average Bonchev–Trinajstić information content (AvgIpc) is 2.37. The van der Waals surface area contributed by atoms with E-state index >= 15 is 0 Å². The van der Waals surface area contributed by atoms with Crippen LogP contribution in [0.25, 0.3) is 0 Å². The van der Waals surface area contributed by atoms with Crippen LogP contribution in [-0.2, 0) is 4.79 Å². The van der Waals surface area contributed by atoms with E-state index in [2.05, 4.69) is 0 Å². The molecule has 0 aliphatic heterocycles. The third kappa shape index (κ3) is 5.59. The highest BCUT2D eigenvalue weighted by Gasteiger charge is 2.27. The smallest absolute Gasteiger partial charge is 0.277 e. The molecule has 19 heavy (non-hydrogen) atoms. The number of rotatable bonds is 6. The van der Waals surface area contributed by atoms with Gasteiger partial charge < -0.3 is 15.8 Å². The Kier molecular flexibility index (Phi) is 5.78. The summed E-state index contributed by atoms with van der Waals surface area (Å²) in [6.45, 7) is -2.12. The first-order valence-electron chi connectivity index (χ1n) is 5.26. The molecule has 0 aliphatic rings. The van der Waals surface area contributed by atoms with E-state index in [1.165, 1.54) is 12.1 Å². The molecule has 1 aromatic rings. The number of carbonyl (C=O) groups is 1. The van der Waals surface area contributed by atoms with Gasteiger partial charge in [-0.25, -0.2) is 8.78 Å². The molecule has 106 valence electrons. The summed E-state index contributed by atoms with van der Waals surface area (Å²) in [7, 11) is 0. The molecule has 8 heteroatoms. The van der Waals surface area contributed by atoms with Gasteiger partial charge in [-0.2, -0.15) is 0 Å². The lowest BCUT2D eigenvalue weighted by Crippen LogP contribution is -2.43. The Morgan fingerprint density at radius 2 is 2.11 bits per heavy atom. The zero-order chi connectivity index (χ0) is 14.5. The van der Waals surface area contributed by atoms with Crippen molar-refractivity contribution in [2.45, 2.75) is 5.92 Å². The van der Waals surface area contributed by atoms with Gasteiger partial charge in [-0.15, -0.1) is 0 Å². The van der Waals surface area contributed by atoms with Crippen molar-refractivity contribution >= 4 is 29.1 Å². The molecule has 0 saturated heterocycles. The molecule has 1 rings (SSSR count). The van der Waals surface area contributed by atoms with Crippen molar-refractivity contribution in [2.24, 2.45) is 5.73 Å². The average molecular weight is 313 g/mol. The lowest BCUT2D eigenvalue weighted by molar-refractivity contribution is -0.124. The minimum absolute atomic E-state index is 0.204. The van der Waals surface area contributed by atoms with Crippen molar-refractivity contribution in [3.8, 4) is 5.75 Å². The number of halogens is 4. The minimum Gasteiger partial charge on any atom is -0.482 e. The molecule has 0 aromatic heterocycles. The SMILES string of the molecule is NCC(F)(F)CNC(=O)COc1cc(Cl)ccc1Cl. The van der Waals surface area contributed by atoms with Gasteiger partial charge >= 0.3 is 0 Å². The number of alkyl halides is 2. The van der Waals surface area contributed by atoms with Crippen LogP contribution >= 0.6 is 23.2 Å². The molecule has 0 saturated carbocycles. The fourth-order valence-electron chi connectivity index (χ4n) is 1.08. The van der Waals surface area contributed by atoms with Crippen LogP contribution in [0.2, 0.25) is 10.0 Å². The highest BCUT2D eigenvalue weighted by molar-refractivity contribution is 6.34. The Morgan fingerprint density at radius 1 is 1.42 bits per heavy atom. The summed E-state index contributed by atoms with van der Waals surface area (Å²) in [4.78, 5) is 11.3. The van der Waals surface area contributed by atoms with Crippen LogP contribution in [0.1, 0.15) is 0 Å². The molecule has 0 fully saturated rings. The summed E-state index contributed by atoms with van der Waals surface area (Å²) in [6.07, 6.45) is 0. The predicted molar refractivity (Wildman–Crippen MR) is 69.0 cm³/mol. The van der Waals surface area contributed by atoms with Gasteiger partial charge in [-0.05, 0) is 12.1 Å². The number of benzene rings is 1. The van der Waals surface area contributed by atoms with Crippen molar-refractivity contribution in [3.05, 3.63) is 28.2 Å². The second-order valence-electron chi connectivity index (χ2n) is 3.70. The van der Waals surface area contributed by atoms with Gasteiger partial charge in [0.25, 0.3) is 11.8 Å². The molecule has 1 aromatic carbocycles. The van der Waals surface area contributed by atoms with E-state index in [1.807, 2.05) is 5.32 Å². The first-order valence-corrected chi connectivity index (χ1v) is 6.02. The quantitative estimate of drug-likeness (QED) is 0.845. The minimum atomic E-state index is -3.14. The second kappa shape index (κ2) is 6.88. The van der Waals surface area contributed by atoms with Crippen LogP contribution in [0.3, 0.4) is 0 Å². The maximum absolute atomic E-state index is 12.8. The monoisotopic (exact) mass is 312 g/mol. The summed E-state index contributed by atoms with van der Waals surface area (Å²) in [6, 6.07) is 4.48. The molecule has 0 spiro atoms. The molecule has 1 amide bonds. The molecule has 3 N–H and O–H groups in total. The summed E-state index contributed by atoms with van der Waals surface area (Å²) < 4.78 is 30.6. The van der Waals surface area contributed by atoms with Crippen molar-refractivity contribution < 1.29 is 18.3 Å². The third-order valence-corrected chi connectivity index (χ3v) is 2.64. The van der Waals surface area contributed by atoms with E-state index in [9.17, 15) is 13.6 Å². The van der Waals surface area contributed by atoms with Crippen LogP contribution in [0, 0.1) is 0 Å². The van der Waals surface area contributed by atoms with E-state index in [1.54, 1.807) is 6.07 Å². The summed E-state index contributed by atoms with van der Waals surface area (Å²) >= 11 is 11.5. The molecule has 4 nitrogen and oxygen atoms in total. The third-order valence-electron chi connectivity index (χ3n) is 2.09. The number of nitrogens with one attached hydrogen (secondary N) is 1. The van der Waals surface area contributed by atoms with Crippen LogP contribution in [-0.4, -0.2) is 31.5 Å². The lowest BCUT2D eigenvalue weighted by atomic mass is 10.3. The molecular formula is C11H12Cl2F2N2O2. The van der Waals surface area contributed by atoms with Crippen molar-refractivity contribution in [2.75, 3.05) is 19.7 Å². The topological polar surface area (TPSA) is 64.3 Å². The van der Waals surface area contributed by atoms with E-state index in [-0.39, 0.29) is 10.8 Å². The van der Waals surface area contributed by atoms with Gasteiger partial charge in [0.2, 0.25) is 0 Å². The second-order valence-corrected chi connectivity index (χ2v) is 4.54. The summed E-state index contributed by atoms with van der Waals surface area (Å²) in [5.74, 6) is -3.64. The van der Waals surface area contributed by atoms with E-state index < -0.39 is 31.5 Å². The molecular weight excluding hydrogens is 301 g/mol. The van der Waals surface area contributed by atoms with Gasteiger partial charge in [0.15, 0.2) is 6.61 Å². The Balaban J connectivity index is 2.44. The highest BCUT2D eigenvalue weighted by Crippen LogP contribution is 2.27. The van der Waals surface area contributed by atoms with Crippen LogP contribution in [0.15, 0.2) is 18.2 Å². The van der Waals surface area contributed by atoms with Gasteiger partial charge in [-0.1, -0.05) is 23.2 Å². The van der Waals surface area contributed by atoms with Gasteiger partial charge in [0.05, 0.1) is 18.1 Å². The van der Waals surface area contributed by atoms with Crippen LogP contribution in [0.4, 0.5) is 8.78 Å². The van der Waals surface area contributed by atoms with Crippen molar-refractivity contribution in [3.63, 3.8) is 0 Å². The van der Waals surface area contributed by atoms with Crippen molar-refractivity contribution in [1.82, 2.24) is 5.32 Å². The first kappa shape index (κ1) is 15.9. The Hall–Kier alpha value is -1.11. The van der Waals surface area contributed by atoms with E-state index in [0.717, 1.165) is 0 Å². The summed E-state index contributed by atoms with van der Waals surface area (Å²) in [5, 5.41) is 2.66. The molecule has 0 atom stereocenters. The van der Waals surface area contributed by atoms with E-state index in [0.29, 0.717) is 5.02 Å². The fourth-order valence-corrected chi connectivity index (χ4v) is 1.42. The first-order chi connectivity index (χ1) is 8.84. The molecule has 0 unspecified atom stereocenters. The molecule has 0 bridgehead atoms. The number of hydrogen-bond acceptors (Lipinski definition) is 3. The van der Waals surface area contributed by atoms with Crippen molar-refractivity contribution in [1.29, 1.82) is 0 Å².